The first-order valence-corrected chi connectivity index (χ1v) is 11.7. The van der Waals surface area contributed by atoms with Gasteiger partial charge in [0.1, 0.15) is 11.4 Å². The lowest BCUT2D eigenvalue weighted by Crippen LogP contribution is -2.46. The van der Waals surface area contributed by atoms with Crippen LogP contribution >= 0.6 is 0 Å². The van der Waals surface area contributed by atoms with E-state index in [0.717, 1.165) is 24.4 Å². The molecule has 2 aliphatic heterocycles. The Balaban J connectivity index is 1.73. The van der Waals surface area contributed by atoms with Crippen molar-refractivity contribution in [1.29, 1.82) is 0 Å². The fourth-order valence-electron chi connectivity index (χ4n) is 4.32. The van der Waals surface area contributed by atoms with Gasteiger partial charge in [0.2, 0.25) is 0 Å². The summed E-state index contributed by atoms with van der Waals surface area (Å²) in [5.74, 6) is 0.599. The summed E-state index contributed by atoms with van der Waals surface area (Å²) < 4.78 is 5.76. The SMILES string of the molecule is CC(C)Oc1ccc(C2=C(N3CCN(C)CC3)C(=O)N(c3ccc(C(C)C)cc3)C2=O)cc1. The largest absolute Gasteiger partial charge is 0.491 e. The summed E-state index contributed by atoms with van der Waals surface area (Å²) in [5.41, 5.74) is 3.48. The lowest BCUT2D eigenvalue weighted by Gasteiger charge is -2.34. The molecular weight excluding hydrogens is 414 g/mol. The van der Waals surface area contributed by atoms with E-state index in [-0.39, 0.29) is 17.9 Å². The predicted molar refractivity (Wildman–Crippen MR) is 131 cm³/mol. The minimum Gasteiger partial charge on any atom is -0.491 e. The van der Waals surface area contributed by atoms with Crippen LogP contribution in [0.2, 0.25) is 0 Å². The van der Waals surface area contributed by atoms with Crippen molar-refractivity contribution in [2.24, 2.45) is 0 Å². The molecule has 2 aromatic carbocycles. The number of imide groups is 1. The molecule has 0 atom stereocenters. The quantitative estimate of drug-likeness (QED) is 0.624. The van der Waals surface area contributed by atoms with E-state index in [1.807, 2.05) is 62.4 Å². The summed E-state index contributed by atoms with van der Waals surface area (Å²) in [5, 5.41) is 0. The monoisotopic (exact) mass is 447 g/mol. The Morgan fingerprint density at radius 3 is 1.94 bits per heavy atom. The maximum absolute atomic E-state index is 13.7. The number of ether oxygens (including phenoxy) is 1. The fraction of sp³-hybridized carbons (Fsp3) is 0.407. The molecule has 33 heavy (non-hydrogen) atoms. The number of rotatable bonds is 6. The molecule has 0 aliphatic carbocycles. The Kier molecular flexibility index (Phi) is 6.56. The van der Waals surface area contributed by atoms with Crippen LogP contribution in [0.25, 0.3) is 5.57 Å². The van der Waals surface area contributed by atoms with Gasteiger partial charge in [-0.25, -0.2) is 4.90 Å². The maximum atomic E-state index is 13.7. The third kappa shape index (κ3) is 4.67. The Morgan fingerprint density at radius 1 is 0.788 bits per heavy atom. The van der Waals surface area contributed by atoms with Gasteiger partial charge in [0, 0.05) is 26.2 Å². The molecule has 2 aliphatic rings. The number of hydrogen-bond donors (Lipinski definition) is 0. The van der Waals surface area contributed by atoms with Crippen molar-refractivity contribution in [2.45, 2.75) is 39.7 Å². The van der Waals surface area contributed by atoms with Gasteiger partial charge >= 0.3 is 0 Å². The van der Waals surface area contributed by atoms with E-state index in [2.05, 4.69) is 30.7 Å². The van der Waals surface area contributed by atoms with Crippen LogP contribution in [-0.2, 0) is 9.59 Å². The number of carbonyl (C=O) groups is 2. The van der Waals surface area contributed by atoms with Crippen LogP contribution in [0, 0.1) is 0 Å². The number of amides is 2. The van der Waals surface area contributed by atoms with Crippen LogP contribution in [-0.4, -0.2) is 60.9 Å². The molecule has 0 spiro atoms. The Hall–Kier alpha value is -3.12. The standard InChI is InChI=1S/C27H33N3O3/c1-18(2)20-6-10-22(11-7-20)30-26(31)24(21-8-12-23(13-9-21)33-19(3)4)25(27(30)32)29-16-14-28(5)15-17-29/h6-13,18-19H,14-17H2,1-5H3. The molecule has 0 unspecified atom stereocenters. The van der Waals surface area contributed by atoms with Gasteiger partial charge < -0.3 is 14.5 Å². The molecule has 0 aromatic heterocycles. The zero-order chi connectivity index (χ0) is 23.7. The highest BCUT2D eigenvalue weighted by atomic mass is 16.5. The molecule has 6 nitrogen and oxygen atoms in total. The smallest absolute Gasteiger partial charge is 0.282 e. The van der Waals surface area contributed by atoms with E-state index in [1.54, 1.807) is 0 Å². The topological polar surface area (TPSA) is 53.1 Å². The maximum Gasteiger partial charge on any atom is 0.282 e. The zero-order valence-electron chi connectivity index (χ0n) is 20.2. The molecule has 6 heteroatoms. The van der Waals surface area contributed by atoms with Crippen molar-refractivity contribution in [3.8, 4) is 5.75 Å². The van der Waals surface area contributed by atoms with E-state index >= 15 is 0 Å². The van der Waals surface area contributed by atoms with Crippen molar-refractivity contribution in [3.63, 3.8) is 0 Å². The summed E-state index contributed by atoms with van der Waals surface area (Å²) >= 11 is 0. The highest BCUT2D eigenvalue weighted by Crippen LogP contribution is 2.36. The number of hydrogen-bond acceptors (Lipinski definition) is 5. The van der Waals surface area contributed by atoms with Crippen LogP contribution < -0.4 is 9.64 Å². The summed E-state index contributed by atoms with van der Waals surface area (Å²) in [6.07, 6.45) is 0.0648. The average molecular weight is 448 g/mol. The van der Waals surface area contributed by atoms with E-state index < -0.39 is 0 Å². The van der Waals surface area contributed by atoms with Crippen molar-refractivity contribution < 1.29 is 14.3 Å². The van der Waals surface area contributed by atoms with Gasteiger partial charge in [0.05, 0.1) is 17.4 Å². The molecule has 0 radical (unpaired) electrons. The van der Waals surface area contributed by atoms with Crippen molar-refractivity contribution in [1.82, 2.24) is 9.80 Å². The molecule has 0 N–H and O–H groups in total. The first-order chi connectivity index (χ1) is 15.8. The molecule has 174 valence electrons. The van der Waals surface area contributed by atoms with Gasteiger partial charge in [-0.3, -0.25) is 9.59 Å². The van der Waals surface area contributed by atoms with Gasteiger partial charge in [0.25, 0.3) is 11.8 Å². The second-order valence-electron chi connectivity index (χ2n) is 9.40. The molecule has 4 rings (SSSR count). The van der Waals surface area contributed by atoms with Crippen molar-refractivity contribution in [2.75, 3.05) is 38.1 Å². The first-order valence-electron chi connectivity index (χ1n) is 11.7. The normalized spacial score (nSPS) is 17.7. The van der Waals surface area contributed by atoms with Crippen LogP contribution in [0.15, 0.2) is 54.2 Å². The number of piperazine rings is 1. The second-order valence-corrected chi connectivity index (χ2v) is 9.40. The molecule has 1 saturated heterocycles. The van der Waals surface area contributed by atoms with Crippen molar-refractivity contribution in [3.05, 3.63) is 65.4 Å². The zero-order valence-corrected chi connectivity index (χ0v) is 20.2. The lowest BCUT2D eigenvalue weighted by atomic mass is 10.0. The third-order valence-corrected chi connectivity index (χ3v) is 6.21. The molecule has 2 heterocycles. The van der Waals surface area contributed by atoms with Gasteiger partial charge in [0.15, 0.2) is 0 Å². The number of benzene rings is 2. The Labute approximate surface area is 196 Å². The minimum atomic E-state index is -0.274. The Bertz CT molecular complexity index is 1050. The average Bonchev–Trinajstić information content (AvgIpc) is 3.04. The molecule has 0 bridgehead atoms. The van der Waals surface area contributed by atoms with Gasteiger partial charge in [-0.1, -0.05) is 38.1 Å². The van der Waals surface area contributed by atoms with Crippen LogP contribution in [0.3, 0.4) is 0 Å². The summed E-state index contributed by atoms with van der Waals surface area (Å²) in [6, 6.07) is 15.2. The van der Waals surface area contributed by atoms with Gasteiger partial charge in [-0.2, -0.15) is 0 Å². The molecule has 2 amide bonds. The van der Waals surface area contributed by atoms with Gasteiger partial charge in [-0.05, 0) is 62.2 Å². The summed E-state index contributed by atoms with van der Waals surface area (Å²) in [7, 11) is 2.07. The van der Waals surface area contributed by atoms with Crippen LogP contribution in [0.4, 0.5) is 5.69 Å². The molecule has 2 aromatic rings. The van der Waals surface area contributed by atoms with E-state index in [1.165, 1.54) is 10.5 Å². The van der Waals surface area contributed by atoms with Crippen LogP contribution in [0.1, 0.15) is 44.7 Å². The number of nitrogens with zero attached hydrogens (tertiary/aromatic N) is 3. The van der Waals surface area contributed by atoms with Gasteiger partial charge in [-0.15, -0.1) is 0 Å². The van der Waals surface area contributed by atoms with E-state index in [4.69, 9.17) is 4.74 Å². The highest BCUT2D eigenvalue weighted by molar-refractivity contribution is 6.45. The van der Waals surface area contributed by atoms with Crippen molar-refractivity contribution >= 4 is 23.1 Å². The molecule has 1 fully saturated rings. The number of carbonyl (C=O) groups excluding carboxylic acids is 2. The van der Waals surface area contributed by atoms with E-state index in [0.29, 0.717) is 36.0 Å². The molecular formula is C27H33N3O3. The Morgan fingerprint density at radius 2 is 1.39 bits per heavy atom. The lowest BCUT2D eigenvalue weighted by molar-refractivity contribution is -0.120. The first kappa shape index (κ1) is 23.1. The summed E-state index contributed by atoms with van der Waals surface area (Å²) in [4.78, 5) is 33.0. The number of anilines is 1. The minimum absolute atomic E-state index is 0.0648. The fourth-order valence-corrected chi connectivity index (χ4v) is 4.32. The third-order valence-electron chi connectivity index (χ3n) is 6.21. The molecule has 0 saturated carbocycles. The highest BCUT2D eigenvalue weighted by Gasteiger charge is 2.42. The van der Waals surface area contributed by atoms with Crippen LogP contribution in [0.5, 0.6) is 5.75 Å². The number of likely N-dealkylation sites (N-methyl/N-ethyl adjacent to an activating group) is 1. The predicted octanol–water partition coefficient (Wildman–Crippen LogP) is 4.13. The summed E-state index contributed by atoms with van der Waals surface area (Å²) in [6.45, 7) is 11.3. The second kappa shape index (κ2) is 9.40. The van der Waals surface area contributed by atoms with E-state index in [9.17, 15) is 9.59 Å².